The maximum atomic E-state index is 5.06. The third-order valence-electron chi connectivity index (χ3n) is 4.77. The SMILES string of the molecule is CC1(C)N=C(c2ccc(Br)cc2)N(c2ccccc2)C1(C)C. The molecule has 2 aromatic rings. The van der Waals surface area contributed by atoms with Crippen LogP contribution in [0.5, 0.6) is 0 Å². The Balaban J connectivity index is 2.15. The Labute approximate surface area is 141 Å². The number of amidine groups is 1. The van der Waals surface area contributed by atoms with Crippen molar-refractivity contribution in [1.29, 1.82) is 0 Å². The minimum atomic E-state index is -0.161. The summed E-state index contributed by atoms with van der Waals surface area (Å²) in [5.74, 6) is 1.04. The molecule has 1 heterocycles. The minimum absolute atomic E-state index is 0.100. The fourth-order valence-electron chi connectivity index (χ4n) is 2.80. The molecule has 22 heavy (non-hydrogen) atoms. The Morgan fingerprint density at radius 1 is 0.864 bits per heavy atom. The van der Waals surface area contributed by atoms with E-state index < -0.39 is 0 Å². The van der Waals surface area contributed by atoms with Crippen LogP contribution >= 0.6 is 15.9 Å². The molecule has 0 aliphatic carbocycles. The summed E-state index contributed by atoms with van der Waals surface area (Å²) in [6, 6.07) is 18.9. The zero-order chi connectivity index (χ0) is 16.0. The molecule has 0 unspecified atom stereocenters. The monoisotopic (exact) mass is 356 g/mol. The van der Waals surface area contributed by atoms with E-state index in [4.69, 9.17) is 4.99 Å². The second kappa shape index (κ2) is 5.24. The van der Waals surface area contributed by atoms with E-state index in [1.165, 1.54) is 5.69 Å². The Kier molecular flexibility index (Phi) is 3.64. The Bertz CT molecular complexity index is 700. The van der Waals surface area contributed by atoms with Gasteiger partial charge in [-0.3, -0.25) is 4.99 Å². The lowest BCUT2D eigenvalue weighted by Crippen LogP contribution is -2.53. The molecule has 0 spiro atoms. The lowest BCUT2D eigenvalue weighted by Gasteiger charge is -2.41. The molecule has 0 fully saturated rings. The summed E-state index contributed by atoms with van der Waals surface area (Å²) in [4.78, 5) is 7.42. The molecule has 1 aliphatic rings. The zero-order valence-electron chi connectivity index (χ0n) is 13.5. The largest absolute Gasteiger partial charge is 0.318 e. The van der Waals surface area contributed by atoms with Gasteiger partial charge in [0.1, 0.15) is 5.84 Å². The Hall–Kier alpha value is -1.61. The second-order valence-corrected chi connectivity index (χ2v) is 7.65. The fourth-order valence-corrected chi connectivity index (χ4v) is 3.07. The number of rotatable bonds is 2. The Morgan fingerprint density at radius 2 is 1.45 bits per heavy atom. The molecule has 0 radical (unpaired) electrons. The van der Waals surface area contributed by atoms with E-state index in [1.54, 1.807) is 0 Å². The summed E-state index contributed by atoms with van der Waals surface area (Å²) in [6.07, 6.45) is 0. The van der Waals surface area contributed by atoms with E-state index in [-0.39, 0.29) is 11.1 Å². The van der Waals surface area contributed by atoms with Crippen LogP contribution in [0.3, 0.4) is 0 Å². The molecular formula is C19H21BrN2. The van der Waals surface area contributed by atoms with Gasteiger partial charge in [0.2, 0.25) is 0 Å². The first-order chi connectivity index (χ1) is 10.3. The minimum Gasteiger partial charge on any atom is -0.318 e. The molecule has 0 bridgehead atoms. The quantitative estimate of drug-likeness (QED) is 0.715. The molecule has 0 N–H and O–H groups in total. The van der Waals surface area contributed by atoms with Crippen LogP contribution in [0.2, 0.25) is 0 Å². The number of anilines is 1. The standard InChI is InChI=1S/C19H21BrN2/c1-18(2)19(3,4)22(16-8-6-5-7-9-16)17(21-18)14-10-12-15(20)13-11-14/h5-13H,1-4H3. The van der Waals surface area contributed by atoms with Crippen LogP contribution < -0.4 is 4.90 Å². The molecule has 3 heteroatoms. The highest BCUT2D eigenvalue weighted by Crippen LogP contribution is 2.42. The van der Waals surface area contributed by atoms with Crippen molar-refractivity contribution in [1.82, 2.24) is 0 Å². The first kappa shape index (κ1) is 15.3. The van der Waals surface area contributed by atoms with E-state index in [0.717, 1.165) is 15.9 Å². The third kappa shape index (κ3) is 2.38. The van der Waals surface area contributed by atoms with E-state index in [9.17, 15) is 0 Å². The predicted molar refractivity (Wildman–Crippen MR) is 97.8 cm³/mol. The van der Waals surface area contributed by atoms with Gasteiger partial charge in [0, 0.05) is 15.7 Å². The van der Waals surface area contributed by atoms with E-state index >= 15 is 0 Å². The fraction of sp³-hybridized carbons (Fsp3) is 0.316. The molecule has 0 saturated carbocycles. The van der Waals surface area contributed by atoms with Gasteiger partial charge in [0.25, 0.3) is 0 Å². The van der Waals surface area contributed by atoms with Crippen LogP contribution in [0.4, 0.5) is 5.69 Å². The second-order valence-electron chi connectivity index (χ2n) is 6.73. The van der Waals surface area contributed by atoms with Gasteiger partial charge >= 0.3 is 0 Å². The van der Waals surface area contributed by atoms with E-state index in [2.05, 4.69) is 97.1 Å². The molecule has 1 aliphatic heterocycles. The molecule has 0 amide bonds. The first-order valence-corrected chi connectivity index (χ1v) is 8.33. The van der Waals surface area contributed by atoms with Gasteiger partial charge in [0.15, 0.2) is 0 Å². The average Bonchev–Trinajstić information content (AvgIpc) is 2.66. The molecule has 3 rings (SSSR count). The van der Waals surface area contributed by atoms with Crippen molar-refractivity contribution < 1.29 is 0 Å². The first-order valence-electron chi connectivity index (χ1n) is 7.54. The molecule has 2 aromatic carbocycles. The highest BCUT2D eigenvalue weighted by Gasteiger charge is 2.49. The maximum absolute atomic E-state index is 5.06. The highest BCUT2D eigenvalue weighted by atomic mass is 79.9. The number of aliphatic imine (C=N–C) groups is 1. The van der Waals surface area contributed by atoms with E-state index in [0.29, 0.717) is 0 Å². The highest BCUT2D eigenvalue weighted by molar-refractivity contribution is 9.10. The topological polar surface area (TPSA) is 15.6 Å². The van der Waals surface area contributed by atoms with Crippen molar-refractivity contribution in [2.24, 2.45) is 4.99 Å². The summed E-state index contributed by atoms with van der Waals surface area (Å²) in [5.41, 5.74) is 2.06. The predicted octanol–water partition coefficient (Wildman–Crippen LogP) is 5.27. The lowest BCUT2D eigenvalue weighted by atomic mass is 9.83. The summed E-state index contributed by atoms with van der Waals surface area (Å²) < 4.78 is 1.08. The van der Waals surface area contributed by atoms with Crippen molar-refractivity contribution in [2.45, 2.75) is 38.8 Å². The number of benzene rings is 2. The maximum Gasteiger partial charge on any atom is 0.136 e. The Morgan fingerprint density at radius 3 is 2.05 bits per heavy atom. The number of hydrogen-bond donors (Lipinski definition) is 0. The van der Waals surface area contributed by atoms with Crippen molar-refractivity contribution >= 4 is 27.5 Å². The van der Waals surface area contributed by atoms with Crippen LogP contribution in [-0.4, -0.2) is 16.9 Å². The van der Waals surface area contributed by atoms with Crippen LogP contribution in [-0.2, 0) is 0 Å². The van der Waals surface area contributed by atoms with Crippen molar-refractivity contribution in [3.05, 3.63) is 64.6 Å². The molecular weight excluding hydrogens is 336 g/mol. The van der Waals surface area contributed by atoms with Crippen LogP contribution in [0.15, 0.2) is 64.1 Å². The normalized spacial score (nSPS) is 19.1. The van der Waals surface area contributed by atoms with Crippen LogP contribution in [0.25, 0.3) is 0 Å². The lowest BCUT2D eigenvalue weighted by molar-refractivity contribution is 0.338. The average molecular weight is 357 g/mol. The van der Waals surface area contributed by atoms with Gasteiger partial charge in [-0.25, -0.2) is 0 Å². The molecule has 0 aromatic heterocycles. The third-order valence-corrected chi connectivity index (χ3v) is 5.30. The number of hydrogen-bond acceptors (Lipinski definition) is 2. The summed E-state index contributed by atoms with van der Waals surface area (Å²) in [5, 5.41) is 0. The zero-order valence-corrected chi connectivity index (χ0v) is 15.1. The van der Waals surface area contributed by atoms with Crippen LogP contribution in [0, 0.1) is 0 Å². The van der Waals surface area contributed by atoms with Crippen molar-refractivity contribution in [2.75, 3.05) is 4.90 Å². The van der Waals surface area contributed by atoms with Crippen molar-refractivity contribution in [3.63, 3.8) is 0 Å². The number of para-hydroxylation sites is 1. The van der Waals surface area contributed by atoms with Gasteiger partial charge in [-0.1, -0.05) is 46.3 Å². The smallest absolute Gasteiger partial charge is 0.136 e. The molecule has 0 saturated heterocycles. The number of nitrogens with zero attached hydrogens (tertiary/aromatic N) is 2. The molecule has 114 valence electrons. The van der Waals surface area contributed by atoms with Crippen LogP contribution in [0.1, 0.15) is 33.3 Å². The van der Waals surface area contributed by atoms with Gasteiger partial charge in [0.05, 0.1) is 11.1 Å². The van der Waals surface area contributed by atoms with Gasteiger partial charge in [-0.05, 0) is 52.0 Å². The number of halogens is 1. The molecule has 0 atom stereocenters. The summed E-state index contributed by atoms with van der Waals surface area (Å²) in [6.45, 7) is 8.92. The summed E-state index contributed by atoms with van der Waals surface area (Å²) in [7, 11) is 0. The summed E-state index contributed by atoms with van der Waals surface area (Å²) >= 11 is 3.51. The van der Waals surface area contributed by atoms with Crippen molar-refractivity contribution in [3.8, 4) is 0 Å². The van der Waals surface area contributed by atoms with E-state index in [1.807, 2.05) is 6.07 Å². The molecule has 2 nitrogen and oxygen atoms in total. The van der Waals surface area contributed by atoms with Gasteiger partial charge in [-0.15, -0.1) is 0 Å². The van der Waals surface area contributed by atoms with Gasteiger partial charge < -0.3 is 4.90 Å². The van der Waals surface area contributed by atoms with Gasteiger partial charge in [-0.2, -0.15) is 0 Å².